The summed E-state index contributed by atoms with van der Waals surface area (Å²) >= 11 is 0. The van der Waals surface area contributed by atoms with Gasteiger partial charge >= 0.3 is 0 Å². The predicted molar refractivity (Wildman–Crippen MR) is 71.4 cm³/mol. The van der Waals surface area contributed by atoms with Gasteiger partial charge in [-0.2, -0.15) is 0 Å². The Morgan fingerprint density at radius 1 is 1.33 bits per heavy atom. The van der Waals surface area contributed by atoms with Crippen molar-refractivity contribution < 1.29 is 9.84 Å². The number of nitrogens with zero attached hydrogens (tertiary/aromatic N) is 1. The molecule has 18 heavy (non-hydrogen) atoms. The van der Waals surface area contributed by atoms with Crippen LogP contribution in [0.5, 0.6) is 5.75 Å². The lowest BCUT2D eigenvalue weighted by molar-refractivity contribution is 0.0543. The minimum absolute atomic E-state index is 0.340. The molecule has 1 fully saturated rings. The third-order valence-electron chi connectivity index (χ3n) is 4.44. The van der Waals surface area contributed by atoms with Gasteiger partial charge in [-0.3, -0.25) is 4.98 Å². The van der Waals surface area contributed by atoms with Crippen LogP contribution >= 0.6 is 0 Å². The van der Waals surface area contributed by atoms with Crippen molar-refractivity contribution in [3.05, 3.63) is 24.0 Å². The average molecular weight is 249 g/mol. The molecule has 0 radical (unpaired) electrons. The first kappa shape index (κ1) is 13.3. The normalized spacial score (nSPS) is 29.9. The number of ether oxygens (including phenoxy) is 1. The molecule has 1 aromatic heterocycles. The zero-order valence-corrected chi connectivity index (χ0v) is 11.5. The smallest absolute Gasteiger partial charge is 0.142 e. The first-order chi connectivity index (χ1) is 8.63. The average Bonchev–Trinajstić information content (AvgIpc) is 2.41. The Morgan fingerprint density at radius 3 is 2.78 bits per heavy atom. The molecule has 3 nitrogen and oxygen atoms in total. The fourth-order valence-corrected chi connectivity index (χ4v) is 2.94. The van der Waals surface area contributed by atoms with Crippen molar-refractivity contribution in [1.29, 1.82) is 0 Å². The number of pyridine rings is 1. The predicted octanol–water partition coefficient (Wildman–Crippen LogP) is 3.20. The highest BCUT2D eigenvalue weighted by Gasteiger charge is 2.31. The van der Waals surface area contributed by atoms with Crippen molar-refractivity contribution in [2.45, 2.75) is 39.2 Å². The molecule has 1 saturated carbocycles. The van der Waals surface area contributed by atoms with Crippen molar-refractivity contribution in [3.8, 4) is 5.75 Å². The Balaban J connectivity index is 2.13. The molecule has 100 valence electrons. The van der Waals surface area contributed by atoms with Crippen LogP contribution in [0.25, 0.3) is 0 Å². The summed E-state index contributed by atoms with van der Waals surface area (Å²) < 4.78 is 5.28. The minimum atomic E-state index is -0.433. The Bertz CT molecular complexity index is 394. The first-order valence-electron chi connectivity index (χ1n) is 6.79. The van der Waals surface area contributed by atoms with Crippen molar-refractivity contribution >= 4 is 0 Å². The van der Waals surface area contributed by atoms with E-state index in [1.54, 1.807) is 19.5 Å². The second kappa shape index (κ2) is 5.70. The van der Waals surface area contributed by atoms with E-state index in [1.165, 1.54) is 6.42 Å². The van der Waals surface area contributed by atoms with Crippen molar-refractivity contribution in [2.75, 3.05) is 7.11 Å². The van der Waals surface area contributed by atoms with E-state index in [-0.39, 0.29) is 0 Å². The van der Waals surface area contributed by atoms with Gasteiger partial charge in [-0.1, -0.05) is 20.3 Å². The molecule has 1 aliphatic carbocycles. The Morgan fingerprint density at radius 2 is 2.11 bits per heavy atom. The van der Waals surface area contributed by atoms with Gasteiger partial charge in [-0.25, -0.2) is 0 Å². The SMILES string of the molecule is COc1cnccc1C(O)C1CCC(C)C(C)C1. The van der Waals surface area contributed by atoms with Gasteiger partial charge in [0, 0.05) is 11.8 Å². The molecule has 1 aliphatic rings. The molecular weight excluding hydrogens is 226 g/mol. The third kappa shape index (κ3) is 2.66. The minimum Gasteiger partial charge on any atom is -0.495 e. The Labute approximate surface area is 109 Å². The van der Waals surface area contributed by atoms with Gasteiger partial charge < -0.3 is 9.84 Å². The van der Waals surface area contributed by atoms with E-state index in [0.717, 1.165) is 24.3 Å². The van der Waals surface area contributed by atoms with Crippen LogP contribution in [0.2, 0.25) is 0 Å². The molecule has 3 heteroatoms. The highest BCUT2D eigenvalue weighted by molar-refractivity contribution is 5.32. The van der Waals surface area contributed by atoms with E-state index in [2.05, 4.69) is 18.8 Å². The number of hydrogen-bond donors (Lipinski definition) is 1. The highest BCUT2D eigenvalue weighted by atomic mass is 16.5. The fraction of sp³-hybridized carbons (Fsp3) is 0.667. The van der Waals surface area contributed by atoms with E-state index in [4.69, 9.17) is 4.74 Å². The number of aliphatic hydroxyl groups is 1. The zero-order chi connectivity index (χ0) is 13.1. The van der Waals surface area contributed by atoms with E-state index in [9.17, 15) is 5.11 Å². The van der Waals surface area contributed by atoms with Crippen LogP contribution < -0.4 is 4.74 Å². The summed E-state index contributed by atoms with van der Waals surface area (Å²) in [5.74, 6) is 2.49. The summed E-state index contributed by atoms with van der Waals surface area (Å²) in [7, 11) is 1.62. The van der Waals surface area contributed by atoms with Gasteiger partial charge in [0.25, 0.3) is 0 Å². The van der Waals surface area contributed by atoms with Crippen LogP contribution in [0.3, 0.4) is 0 Å². The number of methoxy groups -OCH3 is 1. The topological polar surface area (TPSA) is 42.4 Å². The van der Waals surface area contributed by atoms with Gasteiger partial charge in [0.1, 0.15) is 5.75 Å². The number of hydrogen-bond acceptors (Lipinski definition) is 3. The second-order valence-corrected chi connectivity index (χ2v) is 5.59. The molecule has 4 unspecified atom stereocenters. The summed E-state index contributed by atoms with van der Waals surface area (Å²) in [6, 6.07) is 1.87. The van der Waals surface area contributed by atoms with Gasteiger partial charge in [-0.15, -0.1) is 0 Å². The first-order valence-corrected chi connectivity index (χ1v) is 6.79. The van der Waals surface area contributed by atoms with Gasteiger partial charge in [-0.05, 0) is 36.7 Å². The standard InChI is InChI=1S/C15H23NO2/c1-10-4-5-12(8-11(10)2)15(17)13-6-7-16-9-14(13)18-3/h6-7,9-12,15,17H,4-5,8H2,1-3H3. The maximum absolute atomic E-state index is 10.6. The summed E-state index contributed by atoms with van der Waals surface area (Å²) in [5, 5.41) is 10.6. The lowest BCUT2D eigenvalue weighted by Crippen LogP contribution is -2.25. The molecule has 1 N–H and O–H groups in total. The summed E-state index contributed by atoms with van der Waals surface area (Å²) in [6.45, 7) is 4.59. The maximum atomic E-state index is 10.6. The maximum Gasteiger partial charge on any atom is 0.142 e. The monoisotopic (exact) mass is 249 g/mol. The fourth-order valence-electron chi connectivity index (χ4n) is 2.94. The molecular formula is C15H23NO2. The van der Waals surface area contributed by atoms with E-state index < -0.39 is 6.10 Å². The van der Waals surface area contributed by atoms with E-state index in [1.807, 2.05) is 6.07 Å². The molecule has 2 rings (SSSR count). The molecule has 0 aromatic carbocycles. The summed E-state index contributed by atoms with van der Waals surface area (Å²) in [5.41, 5.74) is 0.874. The molecule has 4 atom stereocenters. The molecule has 0 bridgehead atoms. The highest BCUT2D eigenvalue weighted by Crippen LogP contribution is 2.41. The lowest BCUT2D eigenvalue weighted by atomic mass is 9.73. The van der Waals surface area contributed by atoms with Crippen LogP contribution in [0.15, 0.2) is 18.5 Å². The van der Waals surface area contributed by atoms with Crippen molar-refractivity contribution in [3.63, 3.8) is 0 Å². The van der Waals surface area contributed by atoms with Gasteiger partial charge in [0.15, 0.2) is 0 Å². The third-order valence-corrected chi connectivity index (χ3v) is 4.44. The van der Waals surface area contributed by atoms with E-state index in [0.29, 0.717) is 17.6 Å². The van der Waals surface area contributed by atoms with Gasteiger partial charge in [0.05, 0.1) is 19.4 Å². The quantitative estimate of drug-likeness (QED) is 0.894. The Hall–Kier alpha value is -1.09. The van der Waals surface area contributed by atoms with Crippen LogP contribution in [-0.2, 0) is 0 Å². The van der Waals surface area contributed by atoms with Gasteiger partial charge in [0.2, 0.25) is 0 Å². The van der Waals surface area contributed by atoms with E-state index >= 15 is 0 Å². The largest absolute Gasteiger partial charge is 0.495 e. The van der Waals surface area contributed by atoms with Crippen LogP contribution in [0.1, 0.15) is 44.8 Å². The second-order valence-electron chi connectivity index (χ2n) is 5.59. The summed E-state index contributed by atoms with van der Waals surface area (Å²) in [4.78, 5) is 4.03. The Kier molecular flexibility index (Phi) is 4.23. The van der Waals surface area contributed by atoms with Crippen LogP contribution in [0.4, 0.5) is 0 Å². The number of aromatic nitrogens is 1. The van der Waals surface area contributed by atoms with Crippen LogP contribution in [0, 0.1) is 17.8 Å². The number of rotatable bonds is 3. The molecule has 0 aliphatic heterocycles. The molecule has 1 heterocycles. The zero-order valence-electron chi connectivity index (χ0n) is 11.5. The molecule has 0 saturated heterocycles. The molecule has 0 amide bonds. The number of aliphatic hydroxyl groups excluding tert-OH is 1. The molecule has 0 spiro atoms. The summed E-state index contributed by atoms with van der Waals surface area (Å²) in [6.07, 6.45) is 6.35. The van der Waals surface area contributed by atoms with Crippen molar-refractivity contribution in [1.82, 2.24) is 4.98 Å². The van der Waals surface area contributed by atoms with Crippen molar-refractivity contribution in [2.24, 2.45) is 17.8 Å². The lowest BCUT2D eigenvalue weighted by Gasteiger charge is -2.35. The molecule has 1 aromatic rings. The van der Waals surface area contributed by atoms with Crippen LogP contribution in [-0.4, -0.2) is 17.2 Å².